The largest absolute Gasteiger partial charge is 0.481 e. The van der Waals surface area contributed by atoms with Crippen LogP contribution >= 0.6 is 0 Å². The number of carboxylic acid groups (broad SMARTS) is 1. The molecule has 1 rings (SSSR count). The van der Waals surface area contributed by atoms with E-state index in [1.807, 2.05) is 30.3 Å². The van der Waals surface area contributed by atoms with E-state index in [0.717, 1.165) is 12.8 Å². The molecule has 0 fully saturated rings. The molecular weight excluding hydrogens is 332 g/mol. The molecule has 0 radical (unpaired) electrons. The normalized spacial score (nSPS) is 12.1. The topological polar surface area (TPSA) is 166 Å². The Morgan fingerprint density at radius 3 is 2.23 bits per heavy atom. The molecule has 1 aromatic rings. The fourth-order valence-corrected chi connectivity index (χ4v) is 2.29. The zero-order valence-corrected chi connectivity index (χ0v) is 15.6. The highest BCUT2D eigenvalue weighted by molar-refractivity contribution is 5.92. The summed E-state index contributed by atoms with van der Waals surface area (Å²) in [5.74, 6) is -0.0293. The molecular formula is C18H32N6O2. The third-order valence-corrected chi connectivity index (χ3v) is 3.36. The molecule has 0 unspecified atom stereocenters. The minimum absolute atomic E-state index is 0.0732. The van der Waals surface area contributed by atoms with E-state index in [1.165, 1.54) is 5.56 Å². The average molecular weight is 364 g/mol. The first kappa shape index (κ1) is 23.4. The number of hydrogen-bond acceptors (Lipinski definition) is 3. The van der Waals surface area contributed by atoms with E-state index in [2.05, 4.69) is 23.8 Å². The number of benzene rings is 1. The minimum Gasteiger partial charge on any atom is -0.481 e. The van der Waals surface area contributed by atoms with Crippen LogP contribution in [0.2, 0.25) is 0 Å². The Hall–Kier alpha value is -2.61. The van der Waals surface area contributed by atoms with E-state index in [-0.39, 0.29) is 24.3 Å². The fraction of sp³-hybridized carbons (Fsp3) is 0.500. The number of nitrogens with two attached hydrogens (primary N) is 4. The van der Waals surface area contributed by atoms with Gasteiger partial charge in [-0.05, 0) is 36.8 Å². The Morgan fingerprint density at radius 1 is 1.15 bits per heavy atom. The first-order chi connectivity index (χ1) is 12.2. The smallest absolute Gasteiger partial charge is 0.303 e. The molecule has 1 atom stereocenters. The van der Waals surface area contributed by atoms with Gasteiger partial charge in [0.05, 0.1) is 0 Å². The van der Waals surface area contributed by atoms with Crippen molar-refractivity contribution in [3.63, 3.8) is 0 Å². The molecule has 0 heterocycles. The lowest BCUT2D eigenvalue weighted by atomic mass is 9.94. The zero-order chi connectivity index (χ0) is 19.9. The first-order valence-electron chi connectivity index (χ1n) is 8.59. The van der Waals surface area contributed by atoms with E-state index in [1.54, 1.807) is 0 Å². The van der Waals surface area contributed by atoms with Crippen LogP contribution in [0.3, 0.4) is 0 Å². The van der Waals surface area contributed by atoms with Gasteiger partial charge in [-0.3, -0.25) is 9.79 Å². The van der Waals surface area contributed by atoms with Crippen LogP contribution < -0.4 is 22.9 Å². The van der Waals surface area contributed by atoms with Crippen LogP contribution in [0.4, 0.5) is 0 Å². The second kappa shape index (κ2) is 13.7. The van der Waals surface area contributed by atoms with Gasteiger partial charge in [0.2, 0.25) is 5.96 Å². The molecule has 1 aromatic carbocycles. The fourth-order valence-electron chi connectivity index (χ4n) is 2.29. The van der Waals surface area contributed by atoms with Crippen LogP contribution in [0.15, 0.2) is 40.3 Å². The van der Waals surface area contributed by atoms with Gasteiger partial charge in [0, 0.05) is 13.0 Å². The number of aliphatic carboxylic acids is 1. The third kappa shape index (κ3) is 13.8. The molecule has 0 saturated heterocycles. The summed E-state index contributed by atoms with van der Waals surface area (Å²) in [5, 5.41) is 8.47. The molecule has 0 aromatic heterocycles. The van der Waals surface area contributed by atoms with Gasteiger partial charge in [0.15, 0.2) is 5.96 Å². The number of hydrogen-bond donors (Lipinski definition) is 5. The molecule has 8 heteroatoms. The lowest BCUT2D eigenvalue weighted by Crippen LogP contribution is -2.26. The number of carboxylic acids is 1. The minimum atomic E-state index is -0.749. The van der Waals surface area contributed by atoms with Crippen molar-refractivity contribution in [2.24, 2.45) is 44.8 Å². The van der Waals surface area contributed by atoms with Gasteiger partial charge in [-0.25, -0.2) is 0 Å². The van der Waals surface area contributed by atoms with Gasteiger partial charge in [0.25, 0.3) is 0 Å². The third-order valence-electron chi connectivity index (χ3n) is 3.36. The number of nitrogens with zero attached hydrogens (tertiary/aromatic N) is 2. The zero-order valence-electron chi connectivity index (χ0n) is 15.6. The Kier molecular flexibility index (Phi) is 12.3. The Balaban J connectivity index is 0.000000508. The maximum Gasteiger partial charge on any atom is 0.303 e. The summed E-state index contributed by atoms with van der Waals surface area (Å²) in [5.41, 5.74) is 22.3. The van der Waals surface area contributed by atoms with E-state index < -0.39 is 5.97 Å². The van der Waals surface area contributed by atoms with Crippen LogP contribution in [0.5, 0.6) is 0 Å². The van der Waals surface area contributed by atoms with Gasteiger partial charge in [0.1, 0.15) is 0 Å². The van der Waals surface area contributed by atoms with Crippen molar-refractivity contribution in [2.75, 3.05) is 13.1 Å². The summed E-state index contributed by atoms with van der Waals surface area (Å²) in [6.07, 6.45) is 1.93. The first-order valence-corrected chi connectivity index (χ1v) is 8.59. The summed E-state index contributed by atoms with van der Waals surface area (Å²) in [6, 6.07) is 10.0. The van der Waals surface area contributed by atoms with Crippen molar-refractivity contribution < 1.29 is 9.90 Å². The number of guanidine groups is 2. The quantitative estimate of drug-likeness (QED) is 0.339. The van der Waals surface area contributed by atoms with Crippen molar-refractivity contribution >= 4 is 17.9 Å². The molecule has 26 heavy (non-hydrogen) atoms. The summed E-state index contributed by atoms with van der Waals surface area (Å²) in [7, 11) is 0. The molecule has 146 valence electrons. The Labute approximate surface area is 155 Å². The van der Waals surface area contributed by atoms with Crippen molar-refractivity contribution in [2.45, 2.75) is 33.1 Å². The van der Waals surface area contributed by atoms with E-state index in [0.29, 0.717) is 19.0 Å². The second-order valence-electron chi connectivity index (χ2n) is 6.34. The molecule has 0 aliphatic carbocycles. The van der Waals surface area contributed by atoms with Crippen LogP contribution in [-0.4, -0.2) is 36.1 Å². The summed E-state index contributed by atoms with van der Waals surface area (Å²) in [6.45, 7) is 5.20. The predicted molar refractivity (Wildman–Crippen MR) is 107 cm³/mol. The monoisotopic (exact) mass is 364 g/mol. The van der Waals surface area contributed by atoms with Crippen LogP contribution in [0, 0.1) is 11.8 Å². The van der Waals surface area contributed by atoms with Crippen LogP contribution in [-0.2, 0) is 11.2 Å². The summed E-state index contributed by atoms with van der Waals surface area (Å²) < 4.78 is 0. The average Bonchev–Trinajstić information content (AvgIpc) is 2.54. The molecule has 0 saturated carbocycles. The number of rotatable bonds is 8. The molecule has 8 nitrogen and oxygen atoms in total. The van der Waals surface area contributed by atoms with Gasteiger partial charge in [-0.15, -0.1) is 0 Å². The lowest BCUT2D eigenvalue weighted by Gasteiger charge is -2.13. The van der Waals surface area contributed by atoms with E-state index in [4.69, 9.17) is 28.0 Å². The Bertz CT molecular complexity index is 568. The molecule has 0 aliphatic rings. The molecule has 0 bridgehead atoms. The van der Waals surface area contributed by atoms with E-state index >= 15 is 0 Å². The Morgan fingerprint density at radius 2 is 1.77 bits per heavy atom. The van der Waals surface area contributed by atoms with Crippen LogP contribution in [0.25, 0.3) is 0 Å². The van der Waals surface area contributed by atoms with Crippen molar-refractivity contribution in [3.05, 3.63) is 35.9 Å². The lowest BCUT2D eigenvalue weighted by molar-refractivity contribution is -0.138. The summed E-state index contributed by atoms with van der Waals surface area (Å²) >= 11 is 0. The highest BCUT2D eigenvalue weighted by atomic mass is 16.4. The predicted octanol–water partition coefficient (Wildman–Crippen LogP) is 0.899. The maximum absolute atomic E-state index is 10.3. The van der Waals surface area contributed by atoms with Gasteiger partial charge < -0.3 is 28.0 Å². The standard InChI is InChI=1S/C10H15N5.C8H17NO2/c11-9(12)15-10(13)14-7-6-8-4-2-1-3-5-8;1-6(2)3-7(5-9)4-8(10)11/h1-5H,6-7H2,(H6,11,12,13,14,15);6-7H,3-5,9H2,1-2H3,(H,10,11)/t;7-/m.0/s1. The van der Waals surface area contributed by atoms with Crippen molar-refractivity contribution in [1.82, 2.24) is 0 Å². The number of carbonyl (C=O) groups is 1. The molecule has 9 N–H and O–H groups in total. The highest BCUT2D eigenvalue weighted by Crippen LogP contribution is 2.13. The SMILES string of the molecule is CC(C)C[C@H](CN)CC(=O)O.NC(N)=NC(N)=NCCc1ccccc1. The molecule has 0 spiro atoms. The van der Waals surface area contributed by atoms with Gasteiger partial charge >= 0.3 is 5.97 Å². The maximum atomic E-state index is 10.3. The molecule has 0 aliphatic heterocycles. The van der Waals surface area contributed by atoms with Crippen molar-refractivity contribution in [3.8, 4) is 0 Å². The molecule has 0 amide bonds. The second-order valence-corrected chi connectivity index (χ2v) is 6.34. The van der Waals surface area contributed by atoms with Crippen molar-refractivity contribution in [1.29, 1.82) is 0 Å². The number of aliphatic imine (C=N–C) groups is 2. The van der Waals surface area contributed by atoms with E-state index in [9.17, 15) is 4.79 Å². The van der Waals surface area contributed by atoms with Gasteiger partial charge in [-0.1, -0.05) is 44.2 Å². The summed E-state index contributed by atoms with van der Waals surface area (Å²) in [4.78, 5) is 17.9. The van der Waals surface area contributed by atoms with Crippen LogP contribution in [0.1, 0.15) is 32.3 Å². The van der Waals surface area contributed by atoms with Gasteiger partial charge in [-0.2, -0.15) is 4.99 Å². The highest BCUT2D eigenvalue weighted by Gasteiger charge is 2.12.